The Bertz CT molecular complexity index is 628. The first-order chi connectivity index (χ1) is 9.61. The molecule has 0 saturated carbocycles. The molecule has 5 heteroatoms. The zero-order chi connectivity index (χ0) is 14.5. The number of carboxylic acid groups (broad SMARTS) is 1. The van der Waals surface area contributed by atoms with E-state index >= 15 is 0 Å². The van der Waals surface area contributed by atoms with E-state index in [1.54, 1.807) is 30.3 Å². The third-order valence-electron chi connectivity index (χ3n) is 2.76. The number of carboxylic acids is 1. The van der Waals surface area contributed by atoms with Crippen molar-refractivity contribution in [2.45, 2.75) is 10.6 Å². The van der Waals surface area contributed by atoms with Crippen molar-refractivity contribution in [3.05, 3.63) is 59.4 Å². The van der Waals surface area contributed by atoms with Gasteiger partial charge in [-0.1, -0.05) is 18.2 Å². The van der Waals surface area contributed by atoms with Crippen molar-refractivity contribution in [3.63, 3.8) is 0 Å². The second-order valence-corrected chi connectivity index (χ2v) is 5.06. The van der Waals surface area contributed by atoms with Crippen LogP contribution < -0.4 is 4.74 Å². The molecule has 0 aliphatic rings. The SMILES string of the molecule is COc1ccc(CSc2ccccc2C(=O)O)c(F)c1. The van der Waals surface area contributed by atoms with E-state index in [2.05, 4.69) is 0 Å². The van der Waals surface area contributed by atoms with Gasteiger partial charge in [0.1, 0.15) is 11.6 Å². The summed E-state index contributed by atoms with van der Waals surface area (Å²) in [6, 6.07) is 11.3. The first-order valence-electron chi connectivity index (χ1n) is 5.89. The number of aromatic carboxylic acids is 1. The van der Waals surface area contributed by atoms with Crippen molar-refractivity contribution in [1.82, 2.24) is 0 Å². The molecule has 20 heavy (non-hydrogen) atoms. The van der Waals surface area contributed by atoms with Gasteiger partial charge in [-0.2, -0.15) is 0 Å². The molecule has 0 unspecified atom stereocenters. The van der Waals surface area contributed by atoms with Crippen LogP contribution in [0, 0.1) is 5.82 Å². The Morgan fingerprint density at radius 3 is 2.70 bits per heavy atom. The Morgan fingerprint density at radius 1 is 1.30 bits per heavy atom. The van der Waals surface area contributed by atoms with Gasteiger partial charge < -0.3 is 9.84 Å². The van der Waals surface area contributed by atoms with Crippen LogP contribution in [0.4, 0.5) is 4.39 Å². The molecule has 0 bridgehead atoms. The predicted molar refractivity (Wildman–Crippen MR) is 75.9 cm³/mol. The normalized spacial score (nSPS) is 10.3. The van der Waals surface area contributed by atoms with Gasteiger partial charge in [-0.15, -0.1) is 11.8 Å². The maximum absolute atomic E-state index is 13.8. The van der Waals surface area contributed by atoms with Gasteiger partial charge in [0.25, 0.3) is 0 Å². The van der Waals surface area contributed by atoms with Crippen molar-refractivity contribution < 1.29 is 19.0 Å². The number of halogens is 1. The zero-order valence-electron chi connectivity index (χ0n) is 10.8. The molecule has 0 amide bonds. The Labute approximate surface area is 120 Å². The quantitative estimate of drug-likeness (QED) is 0.851. The molecule has 0 radical (unpaired) electrons. The number of rotatable bonds is 5. The van der Waals surface area contributed by atoms with Crippen LogP contribution in [0.2, 0.25) is 0 Å². The molecule has 104 valence electrons. The molecule has 0 spiro atoms. The molecule has 1 N–H and O–H groups in total. The van der Waals surface area contributed by atoms with Crippen molar-refractivity contribution in [3.8, 4) is 5.75 Å². The fraction of sp³-hybridized carbons (Fsp3) is 0.133. The molecule has 0 aromatic heterocycles. The lowest BCUT2D eigenvalue weighted by Gasteiger charge is -2.07. The van der Waals surface area contributed by atoms with Gasteiger partial charge in [0.2, 0.25) is 0 Å². The smallest absolute Gasteiger partial charge is 0.336 e. The maximum Gasteiger partial charge on any atom is 0.336 e. The lowest BCUT2D eigenvalue weighted by Crippen LogP contribution is -1.98. The van der Waals surface area contributed by atoms with Crippen LogP contribution in [-0.4, -0.2) is 18.2 Å². The number of carbonyl (C=O) groups is 1. The minimum Gasteiger partial charge on any atom is -0.497 e. The minimum atomic E-state index is -0.983. The van der Waals surface area contributed by atoms with E-state index in [-0.39, 0.29) is 11.4 Å². The van der Waals surface area contributed by atoms with Crippen molar-refractivity contribution in [2.24, 2.45) is 0 Å². The molecule has 0 aliphatic carbocycles. The van der Waals surface area contributed by atoms with Gasteiger partial charge in [0, 0.05) is 16.7 Å². The van der Waals surface area contributed by atoms with Gasteiger partial charge in [-0.05, 0) is 23.8 Å². The molecule has 0 aliphatic heterocycles. The standard InChI is InChI=1S/C15H13FO3S/c1-19-11-7-6-10(13(16)8-11)9-20-14-5-3-2-4-12(14)15(17)18/h2-8H,9H2,1H3,(H,17,18). The third kappa shape index (κ3) is 3.30. The lowest BCUT2D eigenvalue weighted by atomic mass is 10.2. The highest BCUT2D eigenvalue weighted by molar-refractivity contribution is 7.98. The number of ether oxygens (including phenoxy) is 1. The van der Waals surface area contributed by atoms with Gasteiger partial charge in [-0.3, -0.25) is 0 Å². The monoisotopic (exact) mass is 292 g/mol. The first kappa shape index (κ1) is 14.4. The Kier molecular flexibility index (Phi) is 4.63. The molecule has 0 heterocycles. The fourth-order valence-corrected chi connectivity index (χ4v) is 2.73. The highest BCUT2D eigenvalue weighted by atomic mass is 32.2. The average molecular weight is 292 g/mol. The van der Waals surface area contributed by atoms with Crippen LogP contribution in [0.15, 0.2) is 47.4 Å². The summed E-state index contributed by atoms with van der Waals surface area (Å²) in [5.74, 6) is -0.518. The van der Waals surface area contributed by atoms with E-state index in [1.165, 1.54) is 31.0 Å². The van der Waals surface area contributed by atoms with Crippen LogP contribution >= 0.6 is 11.8 Å². The summed E-state index contributed by atoms with van der Waals surface area (Å²) >= 11 is 1.29. The van der Waals surface area contributed by atoms with Crippen LogP contribution in [-0.2, 0) is 5.75 Å². The van der Waals surface area contributed by atoms with Gasteiger partial charge in [-0.25, -0.2) is 9.18 Å². The number of benzene rings is 2. The van der Waals surface area contributed by atoms with E-state index < -0.39 is 5.97 Å². The largest absolute Gasteiger partial charge is 0.497 e. The highest BCUT2D eigenvalue weighted by Gasteiger charge is 2.11. The predicted octanol–water partition coefficient (Wildman–Crippen LogP) is 3.82. The Hall–Kier alpha value is -2.01. The maximum atomic E-state index is 13.8. The molecule has 3 nitrogen and oxygen atoms in total. The summed E-state index contributed by atoms with van der Waals surface area (Å²) in [4.78, 5) is 11.7. The molecule has 2 aromatic rings. The highest BCUT2D eigenvalue weighted by Crippen LogP contribution is 2.28. The third-order valence-corrected chi connectivity index (χ3v) is 3.88. The molecule has 2 rings (SSSR count). The lowest BCUT2D eigenvalue weighted by molar-refractivity contribution is 0.0693. The summed E-state index contributed by atoms with van der Waals surface area (Å²) in [5.41, 5.74) is 0.738. The minimum absolute atomic E-state index is 0.228. The average Bonchev–Trinajstić information content (AvgIpc) is 2.46. The number of methoxy groups -OCH3 is 1. The summed E-state index contributed by atoms with van der Waals surface area (Å²) in [6.45, 7) is 0. The second-order valence-electron chi connectivity index (χ2n) is 4.05. The Morgan fingerprint density at radius 2 is 2.05 bits per heavy atom. The topological polar surface area (TPSA) is 46.5 Å². The van der Waals surface area contributed by atoms with Crippen LogP contribution in [0.5, 0.6) is 5.75 Å². The number of hydrogen-bond donors (Lipinski definition) is 1. The summed E-state index contributed by atoms with van der Waals surface area (Å²) in [5, 5.41) is 9.08. The van der Waals surface area contributed by atoms with Gasteiger partial charge >= 0.3 is 5.97 Å². The molecule has 0 fully saturated rings. The van der Waals surface area contributed by atoms with Crippen LogP contribution in [0.3, 0.4) is 0 Å². The van der Waals surface area contributed by atoms with Crippen molar-refractivity contribution >= 4 is 17.7 Å². The van der Waals surface area contributed by atoms with Crippen LogP contribution in [0.1, 0.15) is 15.9 Å². The van der Waals surface area contributed by atoms with Crippen molar-refractivity contribution in [1.29, 1.82) is 0 Å². The van der Waals surface area contributed by atoms with Gasteiger partial charge in [0.15, 0.2) is 0 Å². The Balaban J connectivity index is 2.15. The summed E-state index contributed by atoms with van der Waals surface area (Å²) in [7, 11) is 1.48. The number of hydrogen-bond acceptors (Lipinski definition) is 3. The molecular formula is C15H13FO3S. The van der Waals surface area contributed by atoms with Crippen LogP contribution in [0.25, 0.3) is 0 Å². The number of thioether (sulfide) groups is 1. The summed E-state index contributed by atoms with van der Waals surface area (Å²) < 4.78 is 18.7. The van der Waals surface area contributed by atoms with Crippen molar-refractivity contribution in [2.75, 3.05) is 7.11 Å². The molecule has 2 aromatic carbocycles. The fourth-order valence-electron chi connectivity index (χ4n) is 1.70. The van der Waals surface area contributed by atoms with E-state index in [4.69, 9.17) is 9.84 Å². The molecule has 0 saturated heterocycles. The first-order valence-corrected chi connectivity index (χ1v) is 6.88. The van der Waals surface area contributed by atoms with Gasteiger partial charge in [0.05, 0.1) is 12.7 Å². The second kappa shape index (κ2) is 6.43. The molecular weight excluding hydrogens is 279 g/mol. The van der Waals surface area contributed by atoms with E-state index in [9.17, 15) is 9.18 Å². The zero-order valence-corrected chi connectivity index (χ0v) is 11.6. The molecule has 0 atom stereocenters. The summed E-state index contributed by atoms with van der Waals surface area (Å²) in [6.07, 6.45) is 0. The van der Waals surface area contributed by atoms with E-state index in [0.717, 1.165) is 0 Å². The van der Waals surface area contributed by atoms with E-state index in [0.29, 0.717) is 22.0 Å². The van der Waals surface area contributed by atoms with E-state index in [1.807, 2.05) is 0 Å².